The highest BCUT2D eigenvalue weighted by Crippen LogP contribution is 2.48. The summed E-state index contributed by atoms with van der Waals surface area (Å²) in [6, 6.07) is 59.0. The maximum atomic E-state index is 6.66. The molecule has 0 saturated carbocycles. The molecule has 3 heteroatoms. The van der Waals surface area contributed by atoms with E-state index in [0.29, 0.717) is 0 Å². The first-order valence-corrected chi connectivity index (χ1v) is 16.7. The van der Waals surface area contributed by atoms with Crippen molar-refractivity contribution in [3.8, 4) is 11.1 Å². The van der Waals surface area contributed by atoms with Gasteiger partial charge >= 0.3 is 0 Å². The number of anilines is 3. The summed E-state index contributed by atoms with van der Waals surface area (Å²) in [6.07, 6.45) is 0. The lowest BCUT2D eigenvalue weighted by Gasteiger charge is -2.27. The molecule has 0 unspecified atom stereocenters. The van der Waals surface area contributed by atoms with Crippen LogP contribution in [0, 0.1) is 0 Å². The molecule has 8 aromatic carbocycles. The molecule has 2 aromatic heterocycles. The summed E-state index contributed by atoms with van der Waals surface area (Å²) in [5, 5.41) is 9.62. The predicted molar refractivity (Wildman–Crippen MR) is 202 cm³/mol. The molecule has 0 radical (unpaired) electrons. The fourth-order valence-electron chi connectivity index (χ4n) is 7.30. The van der Waals surface area contributed by atoms with Crippen LogP contribution in [0.1, 0.15) is 0 Å². The normalized spacial score (nSPS) is 11.8. The van der Waals surface area contributed by atoms with E-state index in [9.17, 15) is 0 Å². The zero-order chi connectivity index (χ0) is 30.9. The molecule has 10 aromatic rings. The van der Waals surface area contributed by atoms with E-state index in [0.717, 1.165) is 44.4 Å². The van der Waals surface area contributed by atoms with E-state index >= 15 is 0 Å². The van der Waals surface area contributed by atoms with E-state index in [-0.39, 0.29) is 0 Å². The van der Waals surface area contributed by atoms with E-state index < -0.39 is 0 Å². The van der Waals surface area contributed by atoms with Gasteiger partial charge in [-0.05, 0) is 69.8 Å². The summed E-state index contributed by atoms with van der Waals surface area (Å²) >= 11 is 1.86. The van der Waals surface area contributed by atoms with Crippen molar-refractivity contribution in [1.29, 1.82) is 0 Å². The largest absolute Gasteiger partial charge is 0.455 e. The van der Waals surface area contributed by atoms with Gasteiger partial charge in [-0.25, -0.2) is 0 Å². The van der Waals surface area contributed by atoms with Gasteiger partial charge in [0.15, 0.2) is 0 Å². The highest BCUT2D eigenvalue weighted by atomic mass is 32.1. The Morgan fingerprint density at radius 2 is 1.11 bits per heavy atom. The quantitative estimate of drug-likeness (QED) is 0.195. The van der Waals surface area contributed by atoms with Gasteiger partial charge in [0.2, 0.25) is 0 Å². The SMILES string of the molecule is c1ccc2c(-c3ccc(N(c4cccc5c4sc4ccccc45)c4cccc5oc6c7ccccc7ccc6c45)cc3)cccc2c1. The summed E-state index contributed by atoms with van der Waals surface area (Å²) in [5.74, 6) is 0. The van der Waals surface area contributed by atoms with Crippen molar-refractivity contribution in [1.82, 2.24) is 0 Å². The van der Waals surface area contributed by atoms with E-state index in [4.69, 9.17) is 4.42 Å². The second kappa shape index (κ2) is 10.3. The van der Waals surface area contributed by atoms with Gasteiger partial charge in [-0.15, -0.1) is 11.3 Å². The lowest BCUT2D eigenvalue weighted by Crippen LogP contribution is -2.10. The lowest BCUT2D eigenvalue weighted by molar-refractivity contribution is 0.672. The van der Waals surface area contributed by atoms with Crippen molar-refractivity contribution >= 4 is 92.1 Å². The molecule has 220 valence electrons. The van der Waals surface area contributed by atoms with Crippen molar-refractivity contribution < 1.29 is 4.42 Å². The highest BCUT2D eigenvalue weighted by Gasteiger charge is 2.23. The molecule has 2 heterocycles. The molecule has 0 atom stereocenters. The molecule has 0 amide bonds. The van der Waals surface area contributed by atoms with E-state index in [1.54, 1.807) is 0 Å². The second-order valence-electron chi connectivity index (χ2n) is 12.1. The number of nitrogens with zero attached hydrogens (tertiary/aromatic N) is 1. The van der Waals surface area contributed by atoms with Gasteiger partial charge in [0.1, 0.15) is 11.2 Å². The van der Waals surface area contributed by atoms with Crippen molar-refractivity contribution in [2.24, 2.45) is 0 Å². The summed E-state index contributed by atoms with van der Waals surface area (Å²) in [5.41, 5.74) is 7.60. The van der Waals surface area contributed by atoms with Crippen LogP contribution in [0.3, 0.4) is 0 Å². The zero-order valence-electron chi connectivity index (χ0n) is 25.4. The van der Waals surface area contributed by atoms with Gasteiger partial charge in [-0.2, -0.15) is 0 Å². The highest BCUT2D eigenvalue weighted by molar-refractivity contribution is 7.26. The summed E-state index contributed by atoms with van der Waals surface area (Å²) < 4.78 is 9.21. The fourth-order valence-corrected chi connectivity index (χ4v) is 8.51. The number of rotatable bonds is 4. The molecular formula is C44H27NOS. The number of thiophene rings is 1. The molecule has 0 bridgehead atoms. The van der Waals surface area contributed by atoms with E-state index in [1.807, 2.05) is 11.3 Å². The van der Waals surface area contributed by atoms with Gasteiger partial charge < -0.3 is 9.32 Å². The number of fused-ring (bicyclic) bond motifs is 9. The Hall–Kier alpha value is -5.90. The molecule has 2 nitrogen and oxygen atoms in total. The topological polar surface area (TPSA) is 16.4 Å². The summed E-state index contributed by atoms with van der Waals surface area (Å²) in [4.78, 5) is 2.43. The minimum atomic E-state index is 0.884. The number of benzene rings is 8. The summed E-state index contributed by atoms with van der Waals surface area (Å²) in [6.45, 7) is 0. The molecule has 10 rings (SSSR count). The molecular weight excluding hydrogens is 591 g/mol. The Morgan fingerprint density at radius 3 is 1.98 bits per heavy atom. The molecule has 0 spiro atoms. The molecule has 0 fully saturated rings. The zero-order valence-corrected chi connectivity index (χ0v) is 26.2. The smallest absolute Gasteiger partial charge is 0.143 e. The maximum Gasteiger partial charge on any atom is 0.143 e. The standard InChI is InChI=1S/C44H27NOS/c1-3-13-32-28(10-1)12-7-16-33(32)30-22-25-31(26-23-30)45(39-19-8-17-36-35-15-5-6-21-41(35)47-44(36)39)38-18-9-20-40-42(38)37-27-24-29-11-2-4-14-34(29)43(37)46-40/h1-27H. The Kier molecular flexibility index (Phi) is 5.78. The average Bonchev–Trinajstić information content (AvgIpc) is 3.72. The summed E-state index contributed by atoms with van der Waals surface area (Å²) in [7, 11) is 0. The third-order valence-electron chi connectivity index (χ3n) is 9.46. The van der Waals surface area contributed by atoms with Crippen LogP contribution in [0.25, 0.3) is 74.8 Å². The molecule has 0 saturated heterocycles. The maximum absolute atomic E-state index is 6.66. The van der Waals surface area contributed by atoms with Crippen LogP contribution in [-0.2, 0) is 0 Å². The average molecular weight is 618 g/mol. The molecule has 0 aliphatic rings. The molecule has 0 aliphatic carbocycles. The molecule has 47 heavy (non-hydrogen) atoms. The first kappa shape index (κ1) is 26.3. The first-order valence-electron chi connectivity index (χ1n) is 15.9. The number of hydrogen-bond acceptors (Lipinski definition) is 3. The van der Waals surface area contributed by atoms with E-state index in [2.05, 4.69) is 169 Å². The third-order valence-corrected chi connectivity index (χ3v) is 10.7. The van der Waals surface area contributed by atoms with Crippen LogP contribution in [0.15, 0.2) is 168 Å². The van der Waals surface area contributed by atoms with Gasteiger partial charge in [-0.1, -0.05) is 121 Å². The molecule has 0 aliphatic heterocycles. The van der Waals surface area contributed by atoms with Gasteiger partial charge in [0, 0.05) is 31.9 Å². The van der Waals surface area contributed by atoms with Crippen LogP contribution in [0.5, 0.6) is 0 Å². The Morgan fingerprint density at radius 1 is 0.447 bits per heavy atom. The third kappa shape index (κ3) is 4.04. The van der Waals surface area contributed by atoms with Crippen LogP contribution < -0.4 is 4.90 Å². The number of furan rings is 1. The monoisotopic (exact) mass is 617 g/mol. The Bertz CT molecular complexity index is 2800. The second-order valence-corrected chi connectivity index (χ2v) is 13.1. The first-order chi connectivity index (χ1) is 23.3. The van der Waals surface area contributed by atoms with Crippen LogP contribution in [-0.4, -0.2) is 0 Å². The minimum Gasteiger partial charge on any atom is -0.455 e. The molecule has 0 N–H and O–H groups in total. The minimum absolute atomic E-state index is 0.884. The Balaban J connectivity index is 1.24. The lowest BCUT2D eigenvalue weighted by atomic mass is 9.98. The van der Waals surface area contributed by atoms with E-state index in [1.165, 1.54) is 47.5 Å². The van der Waals surface area contributed by atoms with Gasteiger partial charge in [-0.3, -0.25) is 0 Å². The predicted octanol–water partition coefficient (Wildman–Crippen LogP) is 13.4. The van der Waals surface area contributed by atoms with Crippen molar-refractivity contribution in [2.75, 3.05) is 4.90 Å². The van der Waals surface area contributed by atoms with Crippen LogP contribution >= 0.6 is 11.3 Å². The van der Waals surface area contributed by atoms with Gasteiger partial charge in [0.25, 0.3) is 0 Å². The number of hydrogen-bond donors (Lipinski definition) is 0. The van der Waals surface area contributed by atoms with Gasteiger partial charge in [0.05, 0.1) is 21.5 Å². The van der Waals surface area contributed by atoms with Crippen molar-refractivity contribution in [3.63, 3.8) is 0 Å². The van der Waals surface area contributed by atoms with Crippen LogP contribution in [0.2, 0.25) is 0 Å². The van der Waals surface area contributed by atoms with Crippen LogP contribution in [0.4, 0.5) is 17.1 Å². The van der Waals surface area contributed by atoms with Crippen molar-refractivity contribution in [3.05, 3.63) is 164 Å². The van der Waals surface area contributed by atoms with Crippen molar-refractivity contribution in [2.45, 2.75) is 0 Å². The fraction of sp³-hybridized carbons (Fsp3) is 0. The Labute approximate surface area is 275 Å².